The van der Waals surface area contributed by atoms with Crippen LogP contribution in [-0.4, -0.2) is 27.1 Å². The largest absolute Gasteiger partial charge is 0.362 e. The van der Waals surface area contributed by atoms with Gasteiger partial charge in [0.1, 0.15) is 5.78 Å². The number of hydrogen-bond acceptors (Lipinski definition) is 3. The number of rotatable bonds is 0. The van der Waals surface area contributed by atoms with Gasteiger partial charge >= 0.3 is 0 Å². The van der Waals surface area contributed by atoms with Gasteiger partial charge in [0.05, 0.1) is 13.0 Å². The fourth-order valence-electron chi connectivity index (χ4n) is 1.07. The van der Waals surface area contributed by atoms with Gasteiger partial charge in [-0.25, -0.2) is 0 Å². The average molecular weight is 262 g/mol. The molecule has 0 aromatic heterocycles. The lowest BCUT2D eigenvalue weighted by Gasteiger charge is -2.42. The van der Waals surface area contributed by atoms with Crippen LogP contribution in [0.15, 0.2) is 0 Å². The van der Waals surface area contributed by atoms with Crippen LogP contribution in [-0.2, 0) is 9.53 Å². The van der Waals surface area contributed by atoms with Gasteiger partial charge in [0.25, 0.3) is 0 Å². The summed E-state index contributed by atoms with van der Waals surface area (Å²) in [5.74, 6) is -2.19. The van der Waals surface area contributed by atoms with Crippen molar-refractivity contribution in [3.05, 3.63) is 0 Å². The van der Waals surface area contributed by atoms with E-state index in [0.717, 1.165) is 0 Å². The Morgan fingerprint density at radius 3 is 2.29 bits per heavy atom. The Balaban J connectivity index is 2.87. The van der Waals surface area contributed by atoms with Gasteiger partial charge in [0.15, 0.2) is 0 Å². The first-order valence-corrected chi connectivity index (χ1v) is 5.18. The van der Waals surface area contributed by atoms with E-state index < -0.39 is 15.0 Å². The van der Waals surface area contributed by atoms with Crippen molar-refractivity contribution in [3.8, 4) is 0 Å². The van der Waals surface area contributed by atoms with Gasteiger partial charge in [-0.15, -0.1) is 0 Å². The molecule has 14 heavy (non-hydrogen) atoms. The van der Waals surface area contributed by atoms with Crippen LogP contribution in [0, 0.1) is 5.41 Å². The van der Waals surface area contributed by atoms with E-state index in [-0.39, 0.29) is 18.8 Å². The van der Waals surface area contributed by atoms with E-state index in [2.05, 4.69) is 0 Å². The van der Waals surface area contributed by atoms with E-state index in [9.17, 15) is 9.90 Å². The molecule has 1 saturated heterocycles. The number of Topliss-reactive ketones (excluding diaryl/α,β-unsaturated/α-hetero) is 1. The summed E-state index contributed by atoms with van der Waals surface area (Å²) < 4.78 is 3.04. The van der Waals surface area contributed by atoms with Crippen molar-refractivity contribution in [1.29, 1.82) is 0 Å². The van der Waals surface area contributed by atoms with E-state index in [1.165, 1.54) is 0 Å². The Morgan fingerprint density at radius 1 is 1.43 bits per heavy atom. The number of halogens is 3. The number of aliphatic hydroxyl groups is 1. The lowest BCUT2D eigenvalue weighted by molar-refractivity contribution is -0.235. The molecule has 1 aliphatic heterocycles. The molecule has 1 N–H and O–H groups in total. The minimum atomic E-state index is -2.01. The van der Waals surface area contributed by atoms with E-state index >= 15 is 0 Å². The van der Waals surface area contributed by atoms with Crippen LogP contribution in [0.3, 0.4) is 0 Å². The summed E-state index contributed by atoms with van der Waals surface area (Å²) in [5, 5.41) is 9.77. The molecule has 0 bridgehead atoms. The van der Waals surface area contributed by atoms with Crippen molar-refractivity contribution in [2.75, 3.05) is 6.61 Å². The lowest BCUT2D eigenvalue weighted by Crippen LogP contribution is -2.55. The van der Waals surface area contributed by atoms with Crippen molar-refractivity contribution in [3.63, 3.8) is 0 Å². The average Bonchev–Trinajstić information content (AvgIpc) is 1.96. The third-order valence-corrected chi connectivity index (χ3v) is 3.16. The van der Waals surface area contributed by atoms with Crippen LogP contribution in [0.2, 0.25) is 0 Å². The molecule has 0 aliphatic carbocycles. The molecule has 3 nitrogen and oxygen atoms in total. The predicted octanol–water partition coefficient (Wildman–Crippen LogP) is 2.06. The van der Waals surface area contributed by atoms with E-state index in [4.69, 9.17) is 39.5 Å². The van der Waals surface area contributed by atoms with Crippen LogP contribution in [0.1, 0.15) is 20.3 Å². The molecule has 1 rings (SSSR count). The lowest BCUT2D eigenvalue weighted by atomic mass is 9.83. The fraction of sp³-hybridized carbons (Fsp3) is 0.875. The van der Waals surface area contributed by atoms with Gasteiger partial charge in [-0.3, -0.25) is 4.79 Å². The Hall–Kier alpha value is 0.460. The highest BCUT2D eigenvalue weighted by Gasteiger charge is 2.55. The van der Waals surface area contributed by atoms with Crippen LogP contribution >= 0.6 is 34.8 Å². The molecule has 0 radical (unpaired) electrons. The maximum absolute atomic E-state index is 11.6. The van der Waals surface area contributed by atoms with Crippen LogP contribution in [0.4, 0.5) is 0 Å². The summed E-state index contributed by atoms with van der Waals surface area (Å²) in [6, 6.07) is 0. The SMILES string of the molecule is CC1(C)CO[C@@](O)(C(Cl)(Cl)Cl)CC1=O. The van der Waals surface area contributed by atoms with Gasteiger partial charge in [0.2, 0.25) is 9.58 Å². The molecular formula is C8H11Cl3O3. The van der Waals surface area contributed by atoms with Gasteiger partial charge in [-0.2, -0.15) is 0 Å². The Kier molecular flexibility index (Phi) is 3.13. The normalized spacial score (nSPS) is 33.1. The zero-order valence-corrected chi connectivity index (χ0v) is 10.1. The van der Waals surface area contributed by atoms with Gasteiger partial charge in [-0.1, -0.05) is 48.7 Å². The van der Waals surface area contributed by atoms with Gasteiger partial charge in [0, 0.05) is 5.41 Å². The number of hydrogen-bond donors (Lipinski definition) is 1. The Morgan fingerprint density at radius 2 is 1.93 bits per heavy atom. The molecule has 1 atom stereocenters. The highest BCUT2D eigenvalue weighted by atomic mass is 35.6. The van der Waals surface area contributed by atoms with Crippen molar-refractivity contribution in [2.45, 2.75) is 29.8 Å². The zero-order valence-electron chi connectivity index (χ0n) is 7.81. The van der Waals surface area contributed by atoms with Crippen molar-refractivity contribution in [1.82, 2.24) is 0 Å². The number of ether oxygens (including phenoxy) is 1. The Bertz CT molecular complexity index is 259. The first-order chi connectivity index (χ1) is 6.08. The predicted molar refractivity (Wildman–Crippen MR) is 54.6 cm³/mol. The summed E-state index contributed by atoms with van der Waals surface area (Å²) in [5.41, 5.74) is -0.637. The second-order valence-corrected chi connectivity index (χ2v) is 6.34. The standard InChI is InChI=1S/C8H11Cl3O3/c1-6(2)4-14-7(13,3-5(6)12)8(9,10)11/h13H,3-4H2,1-2H3/t7-/m1/s1. The second kappa shape index (κ2) is 3.49. The summed E-state index contributed by atoms with van der Waals surface area (Å²) in [6.45, 7) is 3.47. The molecule has 0 amide bonds. The maximum Gasteiger partial charge on any atom is 0.244 e. The molecule has 0 spiro atoms. The number of ketones is 1. The Labute approximate surface area is 97.3 Å². The monoisotopic (exact) mass is 260 g/mol. The number of alkyl halides is 3. The van der Waals surface area contributed by atoms with Crippen molar-refractivity contribution < 1.29 is 14.6 Å². The minimum absolute atomic E-state index is 0.0379. The summed E-state index contributed by atoms with van der Waals surface area (Å²) in [6.07, 6.45) is -0.309. The summed E-state index contributed by atoms with van der Waals surface area (Å²) >= 11 is 16.5. The fourth-order valence-corrected chi connectivity index (χ4v) is 1.43. The van der Waals surface area contributed by atoms with Crippen LogP contribution < -0.4 is 0 Å². The number of carbonyl (C=O) groups excluding carboxylic acids is 1. The first-order valence-electron chi connectivity index (χ1n) is 4.05. The first kappa shape index (κ1) is 12.5. The third kappa shape index (κ3) is 2.17. The maximum atomic E-state index is 11.6. The molecule has 0 aromatic rings. The van der Waals surface area contributed by atoms with Gasteiger partial charge < -0.3 is 9.84 Å². The third-order valence-electron chi connectivity index (χ3n) is 2.27. The van der Waals surface area contributed by atoms with E-state index in [0.29, 0.717) is 0 Å². The highest BCUT2D eigenvalue weighted by molar-refractivity contribution is 6.68. The van der Waals surface area contributed by atoms with Crippen LogP contribution in [0.5, 0.6) is 0 Å². The molecule has 0 unspecified atom stereocenters. The van der Waals surface area contributed by atoms with Crippen molar-refractivity contribution in [2.24, 2.45) is 5.41 Å². The molecule has 1 fully saturated rings. The minimum Gasteiger partial charge on any atom is -0.362 e. The van der Waals surface area contributed by atoms with Gasteiger partial charge in [-0.05, 0) is 0 Å². The summed E-state index contributed by atoms with van der Waals surface area (Å²) in [4.78, 5) is 11.6. The molecule has 1 heterocycles. The second-order valence-electron chi connectivity index (χ2n) is 4.05. The topological polar surface area (TPSA) is 46.5 Å². The quantitative estimate of drug-likeness (QED) is 0.679. The smallest absolute Gasteiger partial charge is 0.244 e. The molecular weight excluding hydrogens is 250 g/mol. The van der Waals surface area contributed by atoms with Crippen molar-refractivity contribution >= 4 is 40.6 Å². The van der Waals surface area contributed by atoms with Crippen LogP contribution in [0.25, 0.3) is 0 Å². The molecule has 0 aromatic carbocycles. The summed E-state index contributed by atoms with van der Waals surface area (Å²) in [7, 11) is 0. The zero-order chi connectivity index (χ0) is 11.2. The van der Waals surface area contributed by atoms with E-state index in [1.54, 1.807) is 13.8 Å². The molecule has 6 heteroatoms. The van der Waals surface area contributed by atoms with E-state index in [1.807, 2.05) is 0 Å². The highest BCUT2D eigenvalue weighted by Crippen LogP contribution is 2.45. The molecule has 1 aliphatic rings. The molecule has 0 saturated carbocycles. The molecule has 82 valence electrons. The number of carbonyl (C=O) groups is 1.